The Morgan fingerprint density at radius 1 is 1.00 bits per heavy atom. The molecule has 2 N–H and O–H groups in total. The third kappa shape index (κ3) is 5.96. The molecule has 0 bridgehead atoms. The highest BCUT2D eigenvalue weighted by Gasteiger charge is 2.34. The van der Waals surface area contributed by atoms with Gasteiger partial charge in [-0.3, -0.25) is 10.2 Å². The Morgan fingerprint density at radius 3 is 2.52 bits per heavy atom. The van der Waals surface area contributed by atoms with Crippen molar-refractivity contribution in [2.24, 2.45) is 0 Å². The second kappa shape index (κ2) is 11.6. The normalized spacial score (nSPS) is 16.9. The molecule has 1 atom stereocenters. The first-order valence-corrected chi connectivity index (χ1v) is 12.9. The van der Waals surface area contributed by atoms with Crippen LogP contribution in [0.3, 0.4) is 0 Å². The van der Waals surface area contributed by atoms with E-state index in [0.29, 0.717) is 31.4 Å². The molecule has 2 aliphatic heterocycles. The molecule has 2 saturated heterocycles. The Bertz CT molecular complexity index is 1400. The molecule has 0 radical (unpaired) electrons. The van der Waals surface area contributed by atoms with Crippen molar-refractivity contribution in [3.05, 3.63) is 72.7 Å². The van der Waals surface area contributed by atoms with E-state index >= 15 is 0 Å². The van der Waals surface area contributed by atoms with Crippen LogP contribution in [0.5, 0.6) is 11.5 Å². The second-order valence-electron chi connectivity index (χ2n) is 9.76. The number of likely N-dealkylation sites (N-methyl/N-ethyl adjacent to an activating group) is 1. The van der Waals surface area contributed by atoms with E-state index in [4.69, 9.17) is 4.74 Å². The Labute approximate surface area is 231 Å². The molecule has 11 nitrogen and oxygen atoms in total. The number of halogens is 1. The van der Waals surface area contributed by atoms with Gasteiger partial charge in [0.25, 0.3) is 0 Å². The number of hydrogen-bond donors (Lipinski definition) is 2. The minimum Gasteiger partial charge on any atom is -0.454 e. The number of nitrogens with one attached hydrogen (secondary N) is 2. The Hall–Kier alpha value is -4.71. The van der Waals surface area contributed by atoms with Crippen LogP contribution in [0.4, 0.5) is 36.0 Å². The Balaban J connectivity index is 1.18. The van der Waals surface area contributed by atoms with Crippen LogP contribution in [0.1, 0.15) is 6.42 Å². The fourth-order valence-corrected chi connectivity index (χ4v) is 4.63. The fourth-order valence-electron chi connectivity index (χ4n) is 4.63. The maximum absolute atomic E-state index is 14.9. The summed E-state index contributed by atoms with van der Waals surface area (Å²) >= 11 is 0. The van der Waals surface area contributed by atoms with Gasteiger partial charge >= 0.3 is 18.1 Å². The lowest BCUT2D eigenvalue weighted by atomic mass is 10.2. The summed E-state index contributed by atoms with van der Waals surface area (Å²) in [5.41, 5.74) is 0.869. The molecule has 6 amide bonds. The minimum atomic E-state index is -0.717. The third-order valence-electron chi connectivity index (χ3n) is 6.88. The fraction of sp³-hybridized carbons (Fsp3) is 0.286. The van der Waals surface area contributed by atoms with Gasteiger partial charge in [0.15, 0.2) is 11.6 Å². The molecule has 208 valence electrons. The second-order valence-corrected chi connectivity index (χ2v) is 9.76. The average molecular weight is 548 g/mol. The van der Waals surface area contributed by atoms with Gasteiger partial charge in [-0.2, -0.15) is 0 Å². The summed E-state index contributed by atoms with van der Waals surface area (Å²) in [6.07, 6.45) is 2.35. The van der Waals surface area contributed by atoms with Crippen molar-refractivity contribution in [1.29, 1.82) is 0 Å². The highest BCUT2D eigenvalue weighted by molar-refractivity contribution is 6.08. The summed E-state index contributed by atoms with van der Waals surface area (Å²) in [6.45, 7) is 1.84. The molecule has 1 unspecified atom stereocenters. The molecule has 12 heteroatoms. The number of likely N-dealkylation sites (tertiary alicyclic amines) is 1. The molecule has 0 saturated carbocycles. The van der Waals surface area contributed by atoms with Crippen molar-refractivity contribution in [3.8, 4) is 11.5 Å². The quantitative estimate of drug-likeness (QED) is 0.465. The van der Waals surface area contributed by atoms with Gasteiger partial charge in [-0.25, -0.2) is 28.7 Å². The Kier molecular flexibility index (Phi) is 7.78. The third-order valence-corrected chi connectivity index (χ3v) is 6.88. The van der Waals surface area contributed by atoms with Crippen molar-refractivity contribution in [2.45, 2.75) is 12.5 Å². The highest BCUT2D eigenvalue weighted by atomic mass is 19.1. The van der Waals surface area contributed by atoms with Gasteiger partial charge in [0.2, 0.25) is 0 Å². The standard InChI is InChI=1S/C28H30FN7O4/c1-33(2)21-11-13-34(18-21)26(37)32-25-17-22(10-12-30-25)40-24-9-8-19(16-23(24)29)31-27(38)36-15-14-35(28(36)39)20-6-4-3-5-7-20/h3-10,12,16-17,21H,11,13-15,18H2,1-2H3,(H,31,38)(H,30,32,37). The first kappa shape index (κ1) is 26.9. The summed E-state index contributed by atoms with van der Waals surface area (Å²) in [4.78, 5) is 48.7. The van der Waals surface area contributed by atoms with Crippen LogP contribution in [-0.4, -0.2) is 84.1 Å². The van der Waals surface area contributed by atoms with E-state index in [-0.39, 0.29) is 35.6 Å². The molecule has 2 fully saturated rings. The molecule has 2 aliphatic rings. The van der Waals surface area contributed by atoms with Crippen LogP contribution < -0.4 is 20.3 Å². The van der Waals surface area contributed by atoms with Crippen molar-refractivity contribution in [3.63, 3.8) is 0 Å². The van der Waals surface area contributed by atoms with E-state index in [1.807, 2.05) is 32.3 Å². The van der Waals surface area contributed by atoms with Crippen LogP contribution >= 0.6 is 0 Å². The molecule has 3 aromatic rings. The van der Waals surface area contributed by atoms with Crippen LogP contribution in [0.2, 0.25) is 0 Å². The summed E-state index contributed by atoms with van der Waals surface area (Å²) in [5, 5.41) is 5.32. The number of hydrogen-bond acceptors (Lipinski definition) is 6. The topological polar surface area (TPSA) is 110 Å². The van der Waals surface area contributed by atoms with Crippen LogP contribution in [0.15, 0.2) is 66.9 Å². The highest BCUT2D eigenvalue weighted by Crippen LogP contribution is 2.28. The van der Waals surface area contributed by atoms with Gasteiger partial charge in [0.05, 0.1) is 6.54 Å². The number of carbonyl (C=O) groups excluding carboxylic acids is 3. The summed E-state index contributed by atoms with van der Waals surface area (Å²) in [5.74, 6) is -0.245. The number of amides is 6. The number of rotatable bonds is 6. The number of ether oxygens (including phenoxy) is 1. The average Bonchev–Trinajstić information content (AvgIpc) is 3.59. The van der Waals surface area contributed by atoms with E-state index in [2.05, 4.69) is 20.5 Å². The predicted molar refractivity (Wildman–Crippen MR) is 148 cm³/mol. The molecule has 0 aliphatic carbocycles. The first-order chi connectivity index (χ1) is 19.3. The van der Waals surface area contributed by atoms with E-state index in [1.165, 1.54) is 29.3 Å². The molecule has 3 heterocycles. The Morgan fingerprint density at radius 2 is 1.80 bits per heavy atom. The summed E-state index contributed by atoms with van der Waals surface area (Å²) < 4.78 is 20.6. The maximum Gasteiger partial charge on any atom is 0.332 e. The lowest BCUT2D eigenvalue weighted by Gasteiger charge is -2.20. The summed E-state index contributed by atoms with van der Waals surface area (Å²) in [7, 11) is 3.98. The number of imide groups is 1. The largest absolute Gasteiger partial charge is 0.454 e. The van der Waals surface area contributed by atoms with Gasteiger partial charge in [0.1, 0.15) is 11.6 Å². The number of para-hydroxylation sites is 1. The monoisotopic (exact) mass is 547 g/mol. The van der Waals surface area contributed by atoms with Gasteiger partial charge in [-0.1, -0.05) is 18.2 Å². The van der Waals surface area contributed by atoms with Crippen molar-refractivity contribution in [2.75, 3.05) is 55.8 Å². The zero-order chi connectivity index (χ0) is 28.2. The lowest BCUT2D eigenvalue weighted by Crippen LogP contribution is -2.39. The van der Waals surface area contributed by atoms with Crippen LogP contribution in [-0.2, 0) is 0 Å². The van der Waals surface area contributed by atoms with Crippen molar-refractivity contribution in [1.82, 2.24) is 19.7 Å². The maximum atomic E-state index is 14.9. The minimum absolute atomic E-state index is 0.0812. The van der Waals surface area contributed by atoms with Crippen molar-refractivity contribution < 1.29 is 23.5 Å². The number of benzene rings is 2. The predicted octanol–water partition coefficient (Wildman–Crippen LogP) is 4.65. The molecule has 40 heavy (non-hydrogen) atoms. The molecular weight excluding hydrogens is 517 g/mol. The number of urea groups is 3. The molecule has 0 spiro atoms. The number of anilines is 3. The molecule has 1 aromatic heterocycles. The van der Waals surface area contributed by atoms with Crippen molar-refractivity contribution >= 4 is 35.3 Å². The van der Waals surface area contributed by atoms with Gasteiger partial charge in [0, 0.05) is 55.4 Å². The van der Waals surface area contributed by atoms with Crippen LogP contribution in [0, 0.1) is 5.82 Å². The van der Waals surface area contributed by atoms with E-state index < -0.39 is 17.9 Å². The van der Waals surface area contributed by atoms with Gasteiger partial charge in [-0.05, 0) is 50.8 Å². The zero-order valence-electron chi connectivity index (χ0n) is 22.2. The summed E-state index contributed by atoms with van der Waals surface area (Å²) in [6, 6.07) is 15.0. The SMILES string of the molecule is CN(C)C1CCN(C(=O)Nc2cc(Oc3ccc(NC(=O)N4CCN(c5ccccc5)C4=O)cc3F)ccn2)C1. The molecule has 5 rings (SSSR count). The zero-order valence-corrected chi connectivity index (χ0v) is 22.2. The molecular formula is C28H30FN7O4. The lowest BCUT2D eigenvalue weighted by molar-refractivity contribution is 0.209. The van der Waals surface area contributed by atoms with Gasteiger partial charge in [-0.15, -0.1) is 0 Å². The van der Waals surface area contributed by atoms with E-state index in [9.17, 15) is 18.8 Å². The number of nitrogens with zero attached hydrogens (tertiary/aromatic N) is 5. The smallest absolute Gasteiger partial charge is 0.332 e. The van der Waals surface area contributed by atoms with E-state index in [1.54, 1.807) is 23.1 Å². The van der Waals surface area contributed by atoms with E-state index in [0.717, 1.165) is 17.4 Å². The number of aromatic nitrogens is 1. The number of pyridine rings is 1. The first-order valence-electron chi connectivity index (χ1n) is 12.9. The molecule has 2 aromatic carbocycles. The number of carbonyl (C=O) groups is 3. The van der Waals surface area contributed by atoms with Crippen LogP contribution in [0.25, 0.3) is 0 Å². The van der Waals surface area contributed by atoms with Gasteiger partial charge < -0.3 is 19.9 Å².